The van der Waals surface area contributed by atoms with Crippen LogP contribution in [0.2, 0.25) is 0 Å². The summed E-state index contributed by atoms with van der Waals surface area (Å²) in [6, 6.07) is 7.89. The number of nitrogens with zero attached hydrogens (tertiary/aromatic N) is 2. The number of carboxylic acids is 1. The lowest BCUT2D eigenvalue weighted by Gasteiger charge is -2.39. The van der Waals surface area contributed by atoms with Gasteiger partial charge in [-0.1, -0.05) is 18.2 Å². The molecule has 6 heteroatoms. The fourth-order valence-corrected chi connectivity index (χ4v) is 4.68. The van der Waals surface area contributed by atoms with Gasteiger partial charge in [0.1, 0.15) is 5.75 Å². The number of hydrogen-bond donors (Lipinski definition) is 0. The second-order valence-electron chi connectivity index (χ2n) is 7.33. The summed E-state index contributed by atoms with van der Waals surface area (Å²) in [7, 11) is 1.65. The normalized spacial score (nSPS) is 29.9. The van der Waals surface area contributed by atoms with E-state index in [2.05, 4.69) is 4.90 Å². The van der Waals surface area contributed by atoms with Crippen LogP contribution in [0, 0.1) is 23.7 Å². The van der Waals surface area contributed by atoms with Gasteiger partial charge >= 0.3 is 0 Å². The van der Waals surface area contributed by atoms with E-state index in [9.17, 15) is 14.7 Å². The lowest BCUT2D eigenvalue weighted by Crippen LogP contribution is -2.53. The van der Waals surface area contributed by atoms with Crippen LogP contribution in [-0.2, 0) is 9.59 Å². The van der Waals surface area contributed by atoms with Gasteiger partial charge in [-0.2, -0.15) is 0 Å². The SMILES string of the molecule is COc1cccc(N2CCN(C(=O)[C@@H]3[C@@H](C(=O)[O-])[C@@H]4C=C[C@@H]3C4)CC2)c1. The van der Waals surface area contributed by atoms with Gasteiger partial charge in [-0.15, -0.1) is 0 Å². The number of methoxy groups -OCH3 is 1. The molecular formula is C20H23N2O4-. The summed E-state index contributed by atoms with van der Waals surface area (Å²) in [6.45, 7) is 2.66. The van der Waals surface area contributed by atoms with Crippen molar-refractivity contribution in [2.75, 3.05) is 38.2 Å². The van der Waals surface area contributed by atoms with Gasteiger partial charge in [0.15, 0.2) is 0 Å². The van der Waals surface area contributed by atoms with E-state index in [1.807, 2.05) is 41.3 Å². The molecule has 2 fully saturated rings. The summed E-state index contributed by atoms with van der Waals surface area (Å²) in [4.78, 5) is 28.6. The Hall–Kier alpha value is -2.50. The third kappa shape index (κ3) is 2.83. The molecule has 0 spiro atoms. The molecule has 1 saturated carbocycles. The summed E-state index contributed by atoms with van der Waals surface area (Å²) in [5, 5.41) is 11.6. The zero-order chi connectivity index (χ0) is 18.3. The van der Waals surface area contributed by atoms with Crippen LogP contribution in [0.1, 0.15) is 6.42 Å². The summed E-state index contributed by atoms with van der Waals surface area (Å²) >= 11 is 0. The molecule has 0 unspecified atom stereocenters. The van der Waals surface area contributed by atoms with E-state index in [1.165, 1.54) is 0 Å². The van der Waals surface area contributed by atoms with Crippen LogP contribution in [0.4, 0.5) is 5.69 Å². The van der Waals surface area contributed by atoms with E-state index in [4.69, 9.17) is 4.74 Å². The average Bonchev–Trinajstić information content (AvgIpc) is 3.29. The topological polar surface area (TPSA) is 72.9 Å². The second kappa shape index (κ2) is 6.67. The Labute approximate surface area is 153 Å². The molecular weight excluding hydrogens is 332 g/mol. The Morgan fingerprint density at radius 1 is 1.08 bits per heavy atom. The van der Waals surface area contributed by atoms with Crippen molar-refractivity contribution >= 4 is 17.6 Å². The van der Waals surface area contributed by atoms with E-state index in [-0.39, 0.29) is 17.7 Å². The number of amides is 1. The standard InChI is InChI=1S/C20H24N2O4/c1-26-16-4-2-3-15(12-16)21-7-9-22(10-8-21)19(23)17-13-5-6-14(11-13)18(17)20(24)25/h2-6,12-14,17-18H,7-11H2,1H3,(H,24,25)/p-1/t13-,14-,17+,18+/m1/s1. The summed E-state index contributed by atoms with van der Waals surface area (Å²) in [5.41, 5.74) is 1.08. The number of aliphatic carboxylic acids is 1. The fraction of sp³-hybridized carbons (Fsp3) is 0.500. The highest BCUT2D eigenvalue weighted by atomic mass is 16.5. The third-order valence-corrected chi connectivity index (χ3v) is 6.03. The molecule has 0 radical (unpaired) electrons. The van der Waals surface area contributed by atoms with Gasteiger partial charge < -0.3 is 24.4 Å². The van der Waals surface area contributed by atoms with E-state index in [0.717, 1.165) is 30.9 Å². The predicted octanol–water partition coefficient (Wildman–Crippen LogP) is 0.532. The van der Waals surface area contributed by atoms with E-state index < -0.39 is 17.8 Å². The van der Waals surface area contributed by atoms with Crippen LogP contribution in [-0.4, -0.2) is 50.1 Å². The highest BCUT2D eigenvalue weighted by Crippen LogP contribution is 2.48. The minimum absolute atomic E-state index is 0.0265. The molecule has 0 N–H and O–H groups in total. The van der Waals surface area contributed by atoms with Crippen molar-refractivity contribution in [2.24, 2.45) is 23.7 Å². The number of allylic oxidation sites excluding steroid dienone is 2. The maximum atomic E-state index is 13.0. The molecule has 6 nitrogen and oxygen atoms in total. The molecule has 2 bridgehead atoms. The molecule has 3 aliphatic rings. The highest BCUT2D eigenvalue weighted by molar-refractivity contribution is 5.86. The largest absolute Gasteiger partial charge is 0.550 e. The van der Waals surface area contributed by atoms with Crippen LogP contribution in [0.25, 0.3) is 0 Å². The minimum Gasteiger partial charge on any atom is -0.550 e. The maximum absolute atomic E-state index is 13.0. The molecule has 1 aromatic carbocycles. The van der Waals surface area contributed by atoms with E-state index in [1.54, 1.807) is 7.11 Å². The van der Waals surface area contributed by atoms with Crippen LogP contribution in [0.15, 0.2) is 36.4 Å². The lowest BCUT2D eigenvalue weighted by molar-refractivity contribution is -0.313. The molecule has 1 heterocycles. The quantitative estimate of drug-likeness (QED) is 0.737. The van der Waals surface area contributed by atoms with Gasteiger partial charge in [-0.05, 0) is 30.4 Å². The minimum atomic E-state index is -1.09. The van der Waals surface area contributed by atoms with Crippen LogP contribution in [0.5, 0.6) is 5.75 Å². The average molecular weight is 355 g/mol. The van der Waals surface area contributed by atoms with Crippen molar-refractivity contribution in [3.8, 4) is 5.75 Å². The molecule has 0 aromatic heterocycles. The van der Waals surface area contributed by atoms with Crippen LogP contribution >= 0.6 is 0 Å². The smallest absolute Gasteiger partial charge is 0.227 e. The van der Waals surface area contributed by atoms with Crippen molar-refractivity contribution in [1.29, 1.82) is 0 Å². The van der Waals surface area contributed by atoms with Crippen molar-refractivity contribution in [3.63, 3.8) is 0 Å². The molecule has 138 valence electrons. The molecule has 4 atom stereocenters. The molecule has 26 heavy (non-hydrogen) atoms. The van der Waals surface area contributed by atoms with Crippen LogP contribution < -0.4 is 14.7 Å². The maximum Gasteiger partial charge on any atom is 0.227 e. The molecule has 1 saturated heterocycles. The zero-order valence-electron chi connectivity index (χ0n) is 14.8. The lowest BCUT2D eigenvalue weighted by atomic mass is 9.82. The van der Waals surface area contributed by atoms with Gasteiger partial charge in [0, 0.05) is 49.8 Å². The predicted molar refractivity (Wildman–Crippen MR) is 94.5 cm³/mol. The number of piperazine rings is 1. The Kier molecular flexibility index (Phi) is 4.34. The number of ether oxygens (including phenoxy) is 1. The molecule has 1 amide bonds. The first-order valence-electron chi connectivity index (χ1n) is 9.15. The van der Waals surface area contributed by atoms with Gasteiger partial charge in [-0.3, -0.25) is 4.79 Å². The third-order valence-electron chi connectivity index (χ3n) is 6.03. The first-order chi connectivity index (χ1) is 12.6. The van der Waals surface area contributed by atoms with Crippen LogP contribution in [0.3, 0.4) is 0 Å². The Morgan fingerprint density at radius 2 is 1.77 bits per heavy atom. The van der Waals surface area contributed by atoms with Crippen molar-refractivity contribution in [2.45, 2.75) is 6.42 Å². The van der Waals surface area contributed by atoms with Gasteiger partial charge in [0.25, 0.3) is 0 Å². The van der Waals surface area contributed by atoms with Gasteiger partial charge in [-0.25, -0.2) is 0 Å². The number of carbonyl (C=O) groups excluding carboxylic acids is 2. The van der Waals surface area contributed by atoms with Gasteiger partial charge in [0.05, 0.1) is 13.0 Å². The molecule has 1 aliphatic heterocycles. The number of benzene rings is 1. The van der Waals surface area contributed by atoms with E-state index in [0.29, 0.717) is 13.1 Å². The van der Waals surface area contributed by atoms with E-state index >= 15 is 0 Å². The fourth-order valence-electron chi connectivity index (χ4n) is 4.68. The van der Waals surface area contributed by atoms with Crippen molar-refractivity contribution in [1.82, 2.24) is 4.90 Å². The Morgan fingerprint density at radius 3 is 2.42 bits per heavy atom. The number of hydrogen-bond acceptors (Lipinski definition) is 5. The van der Waals surface area contributed by atoms with Crippen molar-refractivity contribution in [3.05, 3.63) is 36.4 Å². The summed E-state index contributed by atoms with van der Waals surface area (Å²) in [5.74, 6) is -1.43. The Balaban J connectivity index is 1.42. The van der Waals surface area contributed by atoms with Gasteiger partial charge in [0.2, 0.25) is 5.91 Å². The Bertz CT molecular complexity index is 739. The van der Waals surface area contributed by atoms with Crippen molar-refractivity contribution < 1.29 is 19.4 Å². The number of carbonyl (C=O) groups is 2. The monoisotopic (exact) mass is 355 g/mol. The first-order valence-corrected chi connectivity index (χ1v) is 9.15. The summed E-state index contributed by atoms with van der Waals surface area (Å²) < 4.78 is 5.28. The molecule has 1 aromatic rings. The number of rotatable bonds is 4. The zero-order valence-corrected chi connectivity index (χ0v) is 14.8. The second-order valence-corrected chi connectivity index (χ2v) is 7.33. The first kappa shape index (κ1) is 16.9. The summed E-state index contributed by atoms with van der Waals surface area (Å²) in [6.07, 6.45) is 4.72. The molecule has 4 rings (SSSR count). The number of carboxylic acid groups (broad SMARTS) is 1. The highest BCUT2D eigenvalue weighted by Gasteiger charge is 2.50. The molecule has 2 aliphatic carbocycles. The number of anilines is 1. The number of fused-ring (bicyclic) bond motifs is 2.